The van der Waals surface area contributed by atoms with Gasteiger partial charge in [0.05, 0.1) is 12.0 Å². The lowest BCUT2D eigenvalue weighted by Gasteiger charge is -2.11. The van der Waals surface area contributed by atoms with Crippen LogP contribution in [0.15, 0.2) is 0 Å². The van der Waals surface area contributed by atoms with Gasteiger partial charge in [0.2, 0.25) is 5.82 Å². The maximum Gasteiger partial charge on any atom is 0.372 e. The number of aryl methyl sites for hydroxylation is 1. The minimum atomic E-state index is -0.517. The van der Waals surface area contributed by atoms with Gasteiger partial charge in [-0.05, 0) is 12.3 Å². The van der Waals surface area contributed by atoms with E-state index in [0.29, 0.717) is 24.7 Å². The van der Waals surface area contributed by atoms with Gasteiger partial charge in [-0.25, -0.2) is 4.98 Å². The molecule has 19 heavy (non-hydrogen) atoms. The monoisotopic (exact) mass is 268 g/mol. The van der Waals surface area contributed by atoms with Crippen molar-refractivity contribution in [3.8, 4) is 5.88 Å². The molecule has 0 atom stereocenters. The lowest BCUT2D eigenvalue weighted by atomic mass is 10.2. The zero-order chi connectivity index (χ0) is 14.4. The fourth-order valence-corrected chi connectivity index (χ4v) is 1.54. The number of hydrogen-bond acceptors (Lipinski definition) is 6. The van der Waals surface area contributed by atoms with Crippen LogP contribution in [-0.2, 0) is 6.42 Å². The molecule has 7 nitrogen and oxygen atoms in total. The van der Waals surface area contributed by atoms with E-state index in [1.807, 2.05) is 20.8 Å². The average Bonchev–Trinajstić information content (AvgIpc) is 2.35. The molecule has 0 fully saturated rings. The van der Waals surface area contributed by atoms with Gasteiger partial charge < -0.3 is 10.1 Å². The highest BCUT2D eigenvalue weighted by Gasteiger charge is 2.25. The van der Waals surface area contributed by atoms with Gasteiger partial charge in [0.1, 0.15) is 5.82 Å². The Bertz CT molecular complexity index is 449. The first kappa shape index (κ1) is 15.1. The number of aromatic nitrogens is 2. The molecule has 106 valence electrons. The van der Waals surface area contributed by atoms with E-state index in [9.17, 15) is 10.1 Å². The van der Waals surface area contributed by atoms with Crippen molar-refractivity contribution < 1.29 is 9.66 Å². The van der Waals surface area contributed by atoms with Crippen LogP contribution in [0.1, 0.15) is 33.0 Å². The molecule has 0 unspecified atom stereocenters. The molecular formula is C12H20N4O3. The number of hydrogen-bond donors (Lipinski definition) is 1. The summed E-state index contributed by atoms with van der Waals surface area (Å²) in [7, 11) is 1.37. The Balaban J connectivity index is 3.20. The maximum absolute atomic E-state index is 11.1. The van der Waals surface area contributed by atoms with Crippen molar-refractivity contribution in [3.63, 3.8) is 0 Å². The van der Waals surface area contributed by atoms with Gasteiger partial charge in [-0.2, -0.15) is 4.98 Å². The summed E-state index contributed by atoms with van der Waals surface area (Å²) in [4.78, 5) is 18.9. The standard InChI is InChI=1S/C12H20N4O3/c1-5-6-9-14-11(13-7-8(2)3)10(16(17)18)12(15-9)19-4/h8H,5-7H2,1-4H3,(H,13,14,15). The molecule has 0 saturated heterocycles. The van der Waals surface area contributed by atoms with Crippen LogP contribution in [0.3, 0.4) is 0 Å². The summed E-state index contributed by atoms with van der Waals surface area (Å²) in [6, 6.07) is 0. The molecule has 0 spiro atoms. The van der Waals surface area contributed by atoms with E-state index >= 15 is 0 Å². The fraction of sp³-hybridized carbons (Fsp3) is 0.667. The highest BCUT2D eigenvalue weighted by atomic mass is 16.6. The number of rotatable bonds is 7. The van der Waals surface area contributed by atoms with Crippen LogP contribution in [0.2, 0.25) is 0 Å². The fourth-order valence-electron chi connectivity index (χ4n) is 1.54. The Labute approximate surface area is 112 Å². The molecule has 0 aromatic carbocycles. The van der Waals surface area contributed by atoms with Gasteiger partial charge >= 0.3 is 5.69 Å². The lowest BCUT2D eigenvalue weighted by Crippen LogP contribution is -2.13. The van der Waals surface area contributed by atoms with E-state index in [0.717, 1.165) is 6.42 Å². The summed E-state index contributed by atoms with van der Waals surface area (Å²) < 4.78 is 5.01. The number of nitrogens with zero attached hydrogens (tertiary/aromatic N) is 3. The zero-order valence-corrected chi connectivity index (χ0v) is 11.8. The molecular weight excluding hydrogens is 248 g/mol. The molecule has 0 bridgehead atoms. The van der Waals surface area contributed by atoms with Gasteiger partial charge in [-0.1, -0.05) is 20.8 Å². The molecule has 0 amide bonds. The topological polar surface area (TPSA) is 90.2 Å². The van der Waals surface area contributed by atoms with Crippen molar-refractivity contribution in [1.29, 1.82) is 0 Å². The molecule has 1 rings (SSSR count). The van der Waals surface area contributed by atoms with Crippen LogP contribution in [-0.4, -0.2) is 28.5 Å². The number of methoxy groups -OCH3 is 1. The minimum Gasteiger partial charge on any atom is -0.476 e. The van der Waals surface area contributed by atoms with Crippen molar-refractivity contribution in [1.82, 2.24) is 9.97 Å². The van der Waals surface area contributed by atoms with Gasteiger partial charge in [0.25, 0.3) is 5.88 Å². The Kier molecular flexibility index (Phi) is 5.47. The van der Waals surface area contributed by atoms with Gasteiger partial charge in [-0.15, -0.1) is 0 Å². The third-order valence-electron chi connectivity index (χ3n) is 2.43. The smallest absolute Gasteiger partial charge is 0.372 e. The average molecular weight is 268 g/mol. The lowest BCUT2D eigenvalue weighted by molar-refractivity contribution is -0.385. The Morgan fingerprint density at radius 3 is 2.58 bits per heavy atom. The molecule has 0 aliphatic heterocycles. The molecule has 1 N–H and O–H groups in total. The van der Waals surface area contributed by atoms with Crippen LogP contribution < -0.4 is 10.1 Å². The number of anilines is 1. The van der Waals surface area contributed by atoms with E-state index in [1.165, 1.54) is 7.11 Å². The van der Waals surface area contributed by atoms with Gasteiger partial charge in [-0.3, -0.25) is 10.1 Å². The second-order valence-corrected chi connectivity index (χ2v) is 4.63. The number of nitrogens with one attached hydrogen (secondary N) is 1. The van der Waals surface area contributed by atoms with Crippen LogP contribution in [0.25, 0.3) is 0 Å². The largest absolute Gasteiger partial charge is 0.476 e. The quantitative estimate of drug-likeness (QED) is 0.603. The third-order valence-corrected chi connectivity index (χ3v) is 2.43. The van der Waals surface area contributed by atoms with Crippen LogP contribution in [0.4, 0.5) is 11.5 Å². The molecule has 0 aliphatic rings. The van der Waals surface area contributed by atoms with Crippen LogP contribution in [0.5, 0.6) is 5.88 Å². The molecule has 1 aromatic rings. The summed E-state index contributed by atoms with van der Waals surface area (Å²) in [6.45, 7) is 6.64. The van der Waals surface area contributed by atoms with Gasteiger partial charge in [0, 0.05) is 13.0 Å². The van der Waals surface area contributed by atoms with E-state index in [-0.39, 0.29) is 17.4 Å². The molecule has 1 aromatic heterocycles. The van der Waals surface area contributed by atoms with Gasteiger partial charge in [0.15, 0.2) is 0 Å². The van der Waals surface area contributed by atoms with Crippen molar-refractivity contribution in [2.24, 2.45) is 5.92 Å². The van der Waals surface area contributed by atoms with E-state index in [1.54, 1.807) is 0 Å². The Morgan fingerprint density at radius 1 is 1.42 bits per heavy atom. The third kappa shape index (κ3) is 4.04. The summed E-state index contributed by atoms with van der Waals surface area (Å²) in [5, 5.41) is 14.1. The summed E-state index contributed by atoms with van der Waals surface area (Å²) in [5.41, 5.74) is -0.206. The van der Waals surface area contributed by atoms with Crippen molar-refractivity contribution >= 4 is 11.5 Å². The summed E-state index contributed by atoms with van der Waals surface area (Å²) in [6.07, 6.45) is 1.52. The molecule has 1 heterocycles. The SMILES string of the molecule is CCCc1nc(NCC(C)C)c([N+](=O)[O-])c(OC)n1. The minimum absolute atomic E-state index is 0.00899. The second kappa shape index (κ2) is 6.86. The van der Waals surface area contributed by atoms with Crippen molar-refractivity contribution in [2.45, 2.75) is 33.6 Å². The summed E-state index contributed by atoms with van der Waals surface area (Å²) >= 11 is 0. The highest BCUT2D eigenvalue weighted by molar-refractivity contribution is 5.61. The highest BCUT2D eigenvalue weighted by Crippen LogP contribution is 2.31. The number of nitro groups is 1. The predicted octanol–water partition coefficient (Wildman–Crippen LogP) is 2.41. The first-order chi connectivity index (χ1) is 8.99. The van der Waals surface area contributed by atoms with E-state index in [4.69, 9.17) is 4.74 Å². The Morgan fingerprint density at radius 2 is 2.11 bits per heavy atom. The molecule has 0 saturated carbocycles. The van der Waals surface area contributed by atoms with E-state index in [2.05, 4.69) is 15.3 Å². The van der Waals surface area contributed by atoms with E-state index < -0.39 is 4.92 Å². The van der Waals surface area contributed by atoms with Crippen LogP contribution >= 0.6 is 0 Å². The molecule has 0 radical (unpaired) electrons. The predicted molar refractivity (Wildman–Crippen MR) is 72.6 cm³/mol. The van der Waals surface area contributed by atoms with Crippen LogP contribution in [0, 0.1) is 16.0 Å². The maximum atomic E-state index is 11.1. The molecule has 7 heteroatoms. The summed E-state index contributed by atoms with van der Waals surface area (Å²) in [5.74, 6) is 1.15. The first-order valence-electron chi connectivity index (χ1n) is 6.32. The zero-order valence-electron chi connectivity index (χ0n) is 11.8. The van der Waals surface area contributed by atoms with Crippen molar-refractivity contribution in [3.05, 3.63) is 15.9 Å². The van der Waals surface area contributed by atoms with Crippen molar-refractivity contribution in [2.75, 3.05) is 19.0 Å². The normalized spacial score (nSPS) is 10.6. The Hall–Kier alpha value is -1.92. The molecule has 0 aliphatic carbocycles. The number of ether oxygens (including phenoxy) is 1. The second-order valence-electron chi connectivity index (χ2n) is 4.63. The first-order valence-corrected chi connectivity index (χ1v) is 6.32.